The average molecular weight is 260 g/mol. The van der Waals surface area contributed by atoms with E-state index in [1.807, 2.05) is 5.38 Å². The van der Waals surface area contributed by atoms with Gasteiger partial charge in [0, 0.05) is 10.9 Å². The van der Waals surface area contributed by atoms with E-state index in [0.29, 0.717) is 20.7 Å². The van der Waals surface area contributed by atoms with Gasteiger partial charge in [-0.1, -0.05) is 29.3 Å². The van der Waals surface area contributed by atoms with Gasteiger partial charge in [-0.05, 0) is 12.1 Å². The van der Waals surface area contributed by atoms with Crippen molar-refractivity contribution < 1.29 is 5.11 Å². The zero-order chi connectivity index (χ0) is 10.8. The molecule has 2 aromatic rings. The Balaban J connectivity index is 2.53. The standard InChI is InChI=1S/C10H7Cl2NOS/c11-6-2-1-3-7(12)10(6)8-5-15-9(4-14)13-8/h1-3,5,14H,4H2. The fourth-order valence-electron chi connectivity index (χ4n) is 1.24. The molecule has 78 valence electrons. The topological polar surface area (TPSA) is 33.1 Å². The molecule has 2 nitrogen and oxygen atoms in total. The zero-order valence-electron chi connectivity index (χ0n) is 7.58. The summed E-state index contributed by atoms with van der Waals surface area (Å²) in [4.78, 5) is 4.22. The van der Waals surface area contributed by atoms with Gasteiger partial charge >= 0.3 is 0 Å². The average Bonchev–Trinajstić information content (AvgIpc) is 2.66. The Bertz CT molecular complexity index is 464. The molecular formula is C10H7Cl2NOS. The van der Waals surface area contributed by atoms with Crippen LogP contribution in [0.3, 0.4) is 0 Å². The van der Waals surface area contributed by atoms with E-state index in [2.05, 4.69) is 4.98 Å². The van der Waals surface area contributed by atoms with Gasteiger partial charge in [0.25, 0.3) is 0 Å². The predicted molar refractivity (Wildman–Crippen MR) is 63.5 cm³/mol. The number of thiazole rings is 1. The van der Waals surface area contributed by atoms with Crippen LogP contribution in [-0.2, 0) is 6.61 Å². The Hall–Kier alpha value is -0.610. The summed E-state index contributed by atoms with van der Waals surface area (Å²) in [6.45, 7) is -0.0628. The van der Waals surface area contributed by atoms with Crippen molar-refractivity contribution in [3.8, 4) is 11.3 Å². The molecule has 0 bridgehead atoms. The van der Waals surface area contributed by atoms with Crippen molar-refractivity contribution in [3.63, 3.8) is 0 Å². The van der Waals surface area contributed by atoms with E-state index in [4.69, 9.17) is 28.3 Å². The van der Waals surface area contributed by atoms with Gasteiger partial charge in [0.05, 0.1) is 22.3 Å². The van der Waals surface area contributed by atoms with Gasteiger partial charge < -0.3 is 5.11 Å². The summed E-state index contributed by atoms with van der Waals surface area (Å²) >= 11 is 13.5. The van der Waals surface area contributed by atoms with Crippen LogP contribution in [0.2, 0.25) is 10.0 Å². The predicted octanol–water partition coefficient (Wildman–Crippen LogP) is 3.61. The molecule has 0 spiro atoms. The fourth-order valence-corrected chi connectivity index (χ4v) is 2.48. The lowest BCUT2D eigenvalue weighted by atomic mass is 10.2. The van der Waals surface area contributed by atoms with Crippen molar-refractivity contribution in [2.24, 2.45) is 0 Å². The minimum atomic E-state index is -0.0628. The van der Waals surface area contributed by atoms with Crippen molar-refractivity contribution in [1.82, 2.24) is 4.98 Å². The number of hydrogen-bond acceptors (Lipinski definition) is 3. The summed E-state index contributed by atoms with van der Waals surface area (Å²) in [6, 6.07) is 5.31. The molecule has 5 heteroatoms. The third-order valence-corrected chi connectivity index (χ3v) is 3.37. The van der Waals surface area contributed by atoms with Crippen molar-refractivity contribution in [2.45, 2.75) is 6.61 Å². The molecule has 0 fully saturated rings. The number of halogens is 2. The number of aromatic nitrogens is 1. The second-order valence-electron chi connectivity index (χ2n) is 2.88. The first-order valence-electron chi connectivity index (χ1n) is 4.22. The highest BCUT2D eigenvalue weighted by Gasteiger charge is 2.11. The lowest BCUT2D eigenvalue weighted by Crippen LogP contribution is -1.84. The van der Waals surface area contributed by atoms with Crippen LogP contribution in [-0.4, -0.2) is 10.1 Å². The van der Waals surface area contributed by atoms with E-state index in [9.17, 15) is 0 Å². The zero-order valence-corrected chi connectivity index (χ0v) is 9.90. The third kappa shape index (κ3) is 2.16. The second kappa shape index (κ2) is 4.49. The van der Waals surface area contributed by atoms with Crippen LogP contribution in [0.25, 0.3) is 11.3 Å². The van der Waals surface area contributed by atoms with Gasteiger partial charge in [-0.3, -0.25) is 0 Å². The van der Waals surface area contributed by atoms with E-state index >= 15 is 0 Å². The normalized spacial score (nSPS) is 10.6. The van der Waals surface area contributed by atoms with Crippen molar-refractivity contribution in [1.29, 1.82) is 0 Å². The maximum Gasteiger partial charge on any atom is 0.119 e. The van der Waals surface area contributed by atoms with E-state index in [1.165, 1.54) is 11.3 Å². The number of aliphatic hydroxyl groups excluding tert-OH is 1. The van der Waals surface area contributed by atoms with Crippen LogP contribution < -0.4 is 0 Å². The Morgan fingerprint density at radius 1 is 1.27 bits per heavy atom. The first kappa shape index (κ1) is 10.9. The maximum absolute atomic E-state index is 8.92. The number of rotatable bonds is 2. The number of hydrogen-bond donors (Lipinski definition) is 1. The molecule has 1 heterocycles. The highest BCUT2D eigenvalue weighted by Crippen LogP contribution is 2.34. The van der Waals surface area contributed by atoms with Gasteiger partial charge in [0.1, 0.15) is 5.01 Å². The fraction of sp³-hybridized carbons (Fsp3) is 0.100. The molecule has 0 saturated carbocycles. The summed E-state index contributed by atoms with van der Waals surface area (Å²) in [5, 5.41) is 12.5. The Morgan fingerprint density at radius 3 is 2.47 bits per heavy atom. The minimum Gasteiger partial charge on any atom is -0.389 e. The molecule has 0 atom stereocenters. The SMILES string of the molecule is OCc1nc(-c2c(Cl)cccc2Cl)cs1. The van der Waals surface area contributed by atoms with E-state index in [-0.39, 0.29) is 6.61 Å². The number of nitrogens with zero attached hydrogens (tertiary/aromatic N) is 1. The maximum atomic E-state index is 8.92. The highest BCUT2D eigenvalue weighted by molar-refractivity contribution is 7.09. The quantitative estimate of drug-likeness (QED) is 0.894. The van der Waals surface area contributed by atoms with Crippen molar-refractivity contribution in [2.75, 3.05) is 0 Å². The van der Waals surface area contributed by atoms with Gasteiger partial charge in [-0.2, -0.15) is 0 Å². The molecule has 0 aliphatic carbocycles. The van der Waals surface area contributed by atoms with Crippen molar-refractivity contribution >= 4 is 34.5 Å². The van der Waals surface area contributed by atoms with E-state index in [0.717, 1.165) is 5.56 Å². The Labute approximate surface area is 101 Å². The van der Waals surface area contributed by atoms with Crippen LogP contribution in [0.5, 0.6) is 0 Å². The summed E-state index contributed by atoms with van der Waals surface area (Å²) < 4.78 is 0. The van der Waals surface area contributed by atoms with Crippen LogP contribution in [0.15, 0.2) is 23.6 Å². The Morgan fingerprint density at radius 2 is 1.93 bits per heavy atom. The second-order valence-corrected chi connectivity index (χ2v) is 4.64. The number of aliphatic hydroxyl groups is 1. The largest absolute Gasteiger partial charge is 0.389 e. The van der Waals surface area contributed by atoms with Crippen LogP contribution in [0.4, 0.5) is 0 Å². The molecule has 1 aromatic heterocycles. The molecule has 1 N–H and O–H groups in total. The summed E-state index contributed by atoms with van der Waals surface area (Å²) in [6.07, 6.45) is 0. The third-order valence-electron chi connectivity index (χ3n) is 1.91. The van der Waals surface area contributed by atoms with E-state index in [1.54, 1.807) is 18.2 Å². The molecule has 0 saturated heterocycles. The molecule has 15 heavy (non-hydrogen) atoms. The summed E-state index contributed by atoms with van der Waals surface area (Å²) in [5.74, 6) is 0. The molecule has 0 radical (unpaired) electrons. The molecule has 2 rings (SSSR count). The molecular weight excluding hydrogens is 253 g/mol. The molecule has 0 unspecified atom stereocenters. The summed E-state index contributed by atoms with van der Waals surface area (Å²) in [7, 11) is 0. The summed E-state index contributed by atoms with van der Waals surface area (Å²) in [5.41, 5.74) is 1.43. The first-order chi connectivity index (χ1) is 7.22. The molecule has 0 amide bonds. The van der Waals surface area contributed by atoms with Crippen LogP contribution in [0, 0.1) is 0 Å². The first-order valence-corrected chi connectivity index (χ1v) is 5.85. The van der Waals surface area contributed by atoms with Crippen LogP contribution in [0.1, 0.15) is 5.01 Å². The van der Waals surface area contributed by atoms with E-state index < -0.39 is 0 Å². The Kier molecular flexibility index (Phi) is 3.26. The number of benzene rings is 1. The molecule has 0 aliphatic heterocycles. The van der Waals surface area contributed by atoms with Gasteiger partial charge in [-0.25, -0.2) is 4.98 Å². The molecule has 0 aliphatic rings. The van der Waals surface area contributed by atoms with Gasteiger partial charge in [0.15, 0.2) is 0 Å². The smallest absolute Gasteiger partial charge is 0.119 e. The minimum absolute atomic E-state index is 0.0628. The van der Waals surface area contributed by atoms with Crippen molar-refractivity contribution in [3.05, 3.63) is 38.6 Å². The molecule has 1 aromatic carbocycles. The highest BCUT2D eigenvalue weighted by atomic mass is 35.5. The van der Waals surface area contributed by atoms with Crippen LogP contribution >= 0.6 is 34.5 Å². The van der Waals surface area contributed by atoms with Gasteiger partial charge in [-0.15, -0.1) is 11.3 Å². The lowest BCUT2D eigenvalue weighted by Gasteiger charge is -2.02. The lowest BCUT2D eigenvalue weighted by molar-refractivity contribution is 0.281. The van der Waals surface area contributed by atoms with Gasteiger partial charge in [0.2, 0.25) is 0 Å². The monoisotopic (exact) mass is 259 g/mol.